The number of amides is 1. The molecule has 1 N–H and O–H groups in total. The molecule has 2 rings (SSSR count). The SMILES string of the molecule is CCN(CC)CCN1C(=O)C(O)=C(C(C)=O)C1c1ccc(Br)cc1. The number of likely N-dealkylation sites (N-methyl/N-ethyl adjacent to an activating group) is 1. The molecule has 0 aliphatic carbocycles. The van der Waals surface area contributed by atoms with Gasteiger partial charge in [0.05, 0.1) is 11.6 Å². The summed E-state index contributed by atoms with van der Waals surface area (Å²) < 4.78 is 0.919. The molecule has 0 spiro atoms. The molecule has 1 heterocycles. The highest BCUT2D eigenvalue weighted by Crippen LogP contribution is 2.37. The highest BCUT2D eigenvalue weighted by Gasteiger charge is 2.42. The van der Waals surface area contributed by atoms with Gasteiger partial charge in [-0.1, -0.05) is 41.9 Å². The Hall–Kier alpha value is -1.66. The number of carbonyl (C=O) groups excluding carboxylic acids is 2. The fourth-order valence-electron chi connectivity index (χ4n) is 3.02. The van der Waals surface area contributed by atoms with Crippen molar-refractivity contribution < 1.29 is 14.7 Å². The molecule has 1 amide bonds. The topological polar surface area (TPSA) is 60.9 Å². The van der Waals surface area contributed by atoms with Crippen molar-refractivity contribution in [2.45, 2.75) is 26.8 Å². The number of Topliss-reactive ketones (excluding diaryl/α,β-unsaturated/α-hetero) is 1. The molecule has 1 aliphatic heterocycles. The number of ketones is 1. The molecule has 1 atom stereocenters. The van der Waals surface area contributed by atoms with Gasteiger partial charge in [-0.15, -0.1) is 0 Å². The maximum absolute atomic E-state index is 12.5. The zero-order chi connectivity index (χ0) is 17.9. The van der Waals surface area contributed by atoms with Crippen molar-refractivity contribution in [2.75, 3.05) is 26.2 Å². The number of aliphatic hydroxyl groups is 1. The minimum atomic E-state index is -0.529. The van der Waals surface area contributed by atoms with Gasteiger partial charge in [-0.2, -0.15) is 0 Å². The first-order valence-electron chi connectivity index (χ1n) is 8.13. The molecule has 1 aromatic carbocycles. The van der Waals surface area contributed by atoms with Crippen LogP contribution < -0.4 is 0 Å². The number of hydrogen-bond acceptors (Lipinski definition) is 4. The van der Waals surface area contributed by atoms with E-state index in [1.807, 2.05) is 24.3 Å². The van der Waals surface area contributed by atoms with Gasteiger partial charge in [-0.05, 0) is 37.7 Å². The minimum Gasteiger partial charge on any atom is -0.503 e. The Balaban J connectivity index is 2.36. The fourth-order valence-corrected chi connectivity index (χ4v) is 3.29. The monoisotopic (exact) mass is 394 g/mol. The third-order valence-electron chi connectivity index (χ3n) is 4.42. The predicted octanol–water partition coefficient (Wildman–Crippen LogP) is 3.08. The van der Waals surface area contributed by atoms with Crippen molar-refractivity contribution in [1.82, 2.24) is 9.80 Å². The van der Waals surface area contributed by atoms with Gasteiger partial charge in [0, 0.05) is 17.6 Å². The van der Waals surface area contributed by atoms with Gasteiger partial charge in [0.15, 0.2) is 11.5 Å². The largest absolute Gasteiger partial charge is 0.503 e. The van der Waals surface area contributed by atoms with Crippen LogP contribution in [-0.2, 0) is 9.59 Å². The van der Waals surface area contributed by atoms with E-state index in [4.69, 9.17) is 0 Å². The van der Waals surface area contributed by atoms with E-state index in [1.54, 1.807) is 4.90 Å². The Bertz CT molecular complexity index is 651. The minimum absolute atomic E-state index is 0.182. The van der Waals surface area contributed by atoms with Crippen molar-refractivity contribution in [2.24, 2.45) is 0 Å². The average Bonchev–Trinajstić information content (AvgIpc) is 2.81. The maximum Gasteiger partial charge on any atom is 0.290 e. The summed E-state index contributed by atoms with van der Waals surface area (Å²) in [6.45, 7) is 8.46. The number of rotatable bonds is 7. The van der Waals surface area contributed by atoms with Crippen LogP contribution in [0.15, 0.2) is 40.1 Å². The first-order chi connectivity index (χ1) is 11.4. The van der Waals surface area contributed by atoms with Gasteiger partial charge in [-0.3, -0.25) is 9.59 Å². The molecule has 1 aliphatic rings. The molecule has 0 fully saturated rings. The Morgan fingerprint density at radius 3 is 2.33 bits per heavy atom. The molecular formula is C18H23BrN2O3. The molecule has 1 unspecified atom stereocenters. The summed E-state index contributed by atoms with van der Waals surface area (Å²) in [5.74, 6) is -1.17. The summed E-state index contributed by atoms with van der Waals surface area (Å²) >= 11 is 3.39. The van der Waals surface area contributed by atoms with Crippen molar-refractivity contribution in [1.29, 1.82) is 0 Å². The van der Waals surface area contributed by atoms with Crippen LogP contribution in [0.1, 0.15) is 32.4 Å². The second-order valence-corrected chi connectivity index (χ2v) is 6.71. The van der Waals surface area contributed by atoms with Crippen LogP contribution in [0.3, 0.4) is 0 Å². The standard InChI is InChI=1S/C18H23BrN2O3/c1-4-20(5-2)10-11-21-16(13-6-8-14(19)9-7-13)15(12(3)22)17(23)18(21)24/h6-9,16,23H,4-5,10-11H2,1-3H3. The van der Waals surface area contributed by atoms with Gasteiger partial charge < -0.3 is 14.9 Å². The normalized spacial score (nSPS) is 18.0. The molecule has 6 heteroatoms. The molecule has 24 heavy (non-hydrogen) atoms. The maximum atomic E-state index is 12.5. The third-order valence-corrected chi connectivity index (χ3v) is 4.95. The molecule has 0 aromatic heterocycles. The van der Waals surface area contributed by atoms with Crippen LogP contribution in [0, 0.1) is 0 Å². The smallest absolute Gasteiger partial charge is 0.290 e. The average molecular weight is 395 g/mol. The summed E-state index contributed by atoms with van der Waals surface area (Å²) in [5, 5.41) is 10.2. The molecule has 0 saturated carbocycles. The lowest BCUT2D eigenvalue weighted by molar-refractivity contribution is -0.129. The second kappa shape index (κ2) is 7.94. The van der Waals surface area contributed by atoms with E-state index in [0.717, 1.165) is 23.1 Å². The number of benzene rings is 1. The molecule has 130 valence electrons. The first kappa shape index (κ1) is 18.7. The van der Waals surface area contributed by atoms with E-state index in [0.29, 0.717) is 13.1 Å². The number of nitrogens with zero attached hydrogens (tertiary/aromatic N) is 2. The van der Waals surface area contributed by atoms with Crippen LogP contribution in [0.2, 0.25) is 0 Å². The molecule has 0 radical (unpaired) electrons. The predicted molar refractivity (Wildman–Crippen MR) is 96.7 cm³/mol. The summed E-state index contributed by atoms with van der Waals surface area (Å²) in [6.07, 6.45) is 0. The van der Waals surface area contributed by atoms with Crippen molar-refractivity contribution in [3.63, 3.8) is 0 Å². The zero-order valence-electron chi connectivity index (χ0n) is 14.3. The zero-order valence-corrected chi connectivity index (χ0v) is 15.8. The number of hydrogen-bond donors (Lipinski definition) is 1. The van der Waals surface area contributed by atoms with Crippen molar-refractivity contribution in [3.05, 3.63) is 45.6 Å². The van der Waals surface area contributed by atoms with E-state index >= 15 is 0 Å². The Morgan fingerprint density at radius 1 is 1.25 bits per heavy atom. The summed E-state index contributed by atoms with van der Waals surface area (Å²) in [6, 6.07) is 6.95. The third kappa shape index (κ3) is 3.70. The summed E-state index contributed by atoms with van der Waals surface area (Å²) in [5.41, 5.74) is 1.00. The summed E-state index contributed by atoms with van der Waals surface area (Å²) in [7, 11) is 0. The van der Waals surface area contributed by atoms with Gasteiger partial charge in [0.2, 0.25) is 0 Å². The van der Waals surface area contributed by atoms with Crippen molar-refractivity contribution >= 4 is 27.6 Å². The first-order valence-corrected chi connectivity index (χ1v) is 8.92. The van der Waals surface area contributed by atoms with Crippen LogP contribution in [0.5, 0.6) is 0 Å². The van der Waals surface area contributed by atoms with Gasteiger partial charge in [-0.25, -0.2) is 0 Å². The molecule has 1 aromatic rings. The molecular weight excluding hydrogens is 372 g/mol. The lowest BCUT2D eigenvalue weighted by Crippen LogP contribution is -2.38. The molecule has 0 bridgehead atoms. The fraction of sp³-hybridized carbons (Fsp3) is 0.444. The quantitative estimate of drug-likeness (QED) is 0.771. The van der Waals surface area contributed by atoms with Crippen molar-refractivity contribution in [3.8, 4) is 0 Å². The van der Waals surface area contributed by atoms with Crippen LogP contribution in [0.25, 0.3) is 0 Å². The number of halogens is 1. The molecule has 0 saturated heterocycles. The number of aliphatic hydroxyl groups excluding tert-OH is 1. The van der Waals surface area contributed by atoms with Crippen LogP contribution in [0.4, 0.5) is 0 Å². The summed E-state index contributed by atoms with van der Waals surface area (Å²) in [4.78, 5) is 28.3. The van der Waals surface area contributed by atoms with E-state index < -0.39 is 17.7 Å². The Morgan fingerprint density at radius 2 is 1.83 bits per heavy atom. The number of carbonyl (C=O) groups is 2. The molecule has 5 nitrogen and oxygen atoms in total. The van der Waals surface area contributed by atoms with Crippen LogP contribution >= 0.6 is 15.9 Å². The van der Waals surface area contributed by atoms with Crippen LogP contribution in [-0.4, -0.2) is 52.8 Å². The Labute approximate surface area is 151 Å². The van der Waals surface area contributed by atoms with Gasteiger partial charge in [0.25, 0.3) is 5.91 Å². The van der Waals surface area contributed by atoms with E-state index in [1.165, 1.54) is 6.92 Å². The van der Waals surface area contributed by atoms with Gasteiger partial charge in [0.1, 0.15) is 0 Å². The van der Waals surface area contributed by atoms with E-state index in [2.05, 4.69) is 34.7 Å². The van der Waals surface area contributed by atoms with E-state index in [9.17, 15) is 14.7 Å². The second-order valence-electron chi connectivity index (χ2n) is 5.80. The lowest BCUT2D eigenvalue weighted by atomic mass is 9.97. The highest BCUT2D eigenvalue weighted by atomic mass is 79.9. The highest BCUT2D eigenvalue weighted by molar-refractivity contribution is 9.10. The lowest BCUT2D eigenvalue weighted by Gasteiger charge is -2.29. The van der Waals surface area contributed by atoms with E-state index in [-0.39, 0.29) is 11.4 Å². The Kier molecular flexibility index (Phi) is 6.18. The van der Waals surface area contributed by atoms with Gasteiger partial charge >= 0.3 is 0 Å².